The average molecular weight is 316 g/mol. The third kappa shape index (κ3) is 2.48. The highest BCUT2D eigenvalue weighted by Crippen LogP contribution is 2.18. The lowest BCUT2D eigenvalue weighted by atomic mass is 10.2. The Morgan fingerprint density at radius 2 is 1.89 bits per heavy atom. The second-order valence-corrected chi connectivity index (χ2v) is 4.86. The third-order valence-electron chi connectivity index (χ3n) is 2.55. The van der Waals surface area contributed by atoms with Crippen molar-refractivity contribution in [1.29, 1.82) is 0 Å². The van der Waals surface area contributed by atoms with E-state index >= 15 is 0 Å². The highest BCUT2D eigenvalue weighted by atomic mass is 79.9. The molecule has 0 spiro atoms. The number of benzene rings is 1. The van der Waals surface area contributed by atoms with Crippen LogP contribution in [0, 0.1) is 0 Å². The van der Waals surface area contributed by atoms with Gasteiger partial charge in [0.15, 0.2) is 11.6 Å². The van der Waals surface area contributed by atoms with Crippen LogP contribution in [0.25, 0.3) is 17.2 Å². The molecule has 0 saturated carbocycles. The van der Waals surface area contributed by atoms with Gasteiger partial charge in [0, 0.05) is 17.8 Å². The topological polar surface area (TPSA) is 69.6 Å². The zero-order valence-corrected chi connectivity index (χ0v) is 11.4. The minimum atomic E-state index is 0.412. The number of anilines is 1. The normalized spacial score (nSPS) is 10.6. The number of nitrogen functional groups attached to an aromatic ring is 1. The van der Waals surface area contributed by atoms with E-state index in [4.69, 9.17) is 5.73 Å². The van der Waals surface area contributed by atoms with E-state index in [1.165, 1.54) is 0 Å². The monoisotopic (exact) mass is 315 g/mol. The first-order valence-electron chi connectivity index (χ1n) is 5.63. The molecule has 3 aromatic rings. The Kier molecular flexibility index (Phi) is 3.00. The van der Waals surface area contributed by atoms with Crippen LogP contribution in [-0.4, -0.2) is 19.7 Å². The maximum absolute atomic E-state index is 5.84. The third-order valence-corrected chi connectivity index (χ3v) is 2.96. The fourth-order valence-electron chi connectivity index (χ4n) is 1.71. The van der Waals surface area contributed by atoms with Crippen LogP contribution >= 0.6 is 15.9 Å². The molecule has 3 rings (SSSR count). The van der Waals surface area contributed by atoms with Crippen LogP contribution in [-0.2, 0) is 0 Å². The standard InChI is InChI=1S/C13H10BrN5/c14-10-7-16-19(8-10)12-6-11(15)17-13(18-12)9-4-2-1-3-5-9/h1-8H,(H2,15,17,18). The van der Waals surface area contributed by atoms with E-state index in [1.54, 1.807) is 16.9 Å². The first-order chi connectivity index (χ1) is 9.22. The van der Waals surface area contributed by atoms with Gasteiger partial charge in [0.1, 0.15) is 5.82 Å². The van der Waals surface area contributed by atoms with E-state index in [0.29, 0.717) is 17.5 Å². The van der Waals surface area contributed by atoms with Crippen LogP contribution in [0.1, 0.15) is 0 Å². The van der Waals surface area contributed by atoms with Crippen molar-refractivity contribution in [3.05, 3.63) is 53.3 Å². The van der Waals surface area contributed by atoms with Crippen molar-refractivity contribution in [2.24, 2.45) is 0 Å². The van der Waals surface area contributed by atoms with E-state index in [-0.39, 0.29) is 0 Å². The molecule has 0 fully saturated rings. The van der Waals surface area contributed by atoms with Crippen molar-refractivity contribution < 1.29 is 0 Å². The molecule has 0 bridgehead atoms. The quantitative estimate of drug-likeness (QED) is 0.789. The molecule has 6 heteroatoms. The minimum absolute atomic E-state index is 0.412. The smallest absolute Gasteiger partial charge is 0.163 e. The summed E-state index contributed by atoms with van der Waals surface area (Å²) in [6.07, 6.45) is 3.51. The maximum atomic E-state index is 5.84. The van der Waals surface area contributed by atoms with Gasteiger partial charge >= 0.3 is 0 Å². The first-order valence-corrected chi connectivity index (χ1v) is 6.42. The van der Waals surface area contributed by atoms with E-state index in [1.807, 2.05) is 36.5 Å². The maximum Gasteiger partial charge on any atom is 0.163 e. The molecule has 94 valence electrons. The lowest BCUT2D eigenvalue weighted by Crippen LogP contribution is -2.03. The largest absolute Gasteiger partial charge is 0.384 e. The molecule has 2 N–H and O–H groups in total. The van der Waals surface area contributed by atoms with Gasteiger partial charge in [-0.2, -0.15) is 5.10 Å². The number of hydrogen-bond acceptors (Lipinski definition) is 4. The summed E-state index contributed by atoms with van der Waals surface area (Å²) in [6, 6.07) is 11.4. The summed E-state index contributed by atoms with van der Waals surface area (Å²) in [6.45, 7) is 0. The Labute approximate surface area is 118 Å². The molecule has 2 heterocycles. The molecule has 0 aliphatic heterocycles. The molecular formula is C13H10BrN5. The molecule has 0 radical (unpaired) electrons. The van der Waals surface area contributed by atoms with Crippen molar-refractivity contribution >= 4 is 21.7 Å². The molecular weight excluding hydrogens is 306 g/mol. The molecule has 19 heavy (non-hydrogen) atoms. The van der Waals surface area contributed by atoms with Gasteiger partial charge in [-0.3, -0.25) is 0 Å². The van der Waals surface area contributed by atoms with Gasteiger partial charge in [-0.1, -0.05) is 30.3 Å². The SMILES string of the molecule is Nc1cc(-n2cc(Br)cn2)nc(-c2ccccc2)n1. The fraction of sp³-hybridized carbons (Fsp3) is 0. The first kappa shape index (κ1) is 11.9. The minimum Gasteiger partial charge on any atom is -0.384 e. The predicted octanol–water partition coefficient (Wildman–Crippen LogP) is 2.67. The molecule has 0 atom stereocenters. The van der Waals surface area contributed by atoms with Crippen LogP contribution in [0.4, 0.5) is 5.82 Å². The second-order valence-electron chi connectivity index (χ2n) is 3.94. The van der Waals surface area contributed by atoms with Gasteiger partial charge in [0.25, 0.3) is 0 Å². The van der Waals surface area contributed by atoms with Crippen molar-refractivity contribution in [2.75, 3.05) is 5.73 Å². The number of aromatic nitrogens is 4. The summed E-state index contributed by atoms with van der Waals surface area (Å²) in [5.41, 5.74) is 6.76. The summed E-state index contributed by atoms with van der Waals surface area (Å²) in [5, 5.41) is 4.19. The Morgan fingerprint density at radius 1 is 1.11 bits per heavy atom. The number of rotatable bonds is 2. The Hall–Kier alpha value is -2.21. The number of nitrogens with two attached hydrogens (primary N) is 1. The Balaban J connectivity index is 2.11. The summed E-state index contributed by atoms with van der Waals surface area (Å²) in [5.74, 6) is 1.63. The highest BCUT2D eigenvalue weighted by Gasteiger charge is 2.07. The van der Waals surface area contributed by atoms with Gasteiger partial charge in [0.2, 0.25) is 0 Å². The van der Waals surface area contributed by atoms with Crippen LogP contribution < -0.4 is 5.73 Å². The lowest BCUT2D eigenvalue weighted by Gasteiger charge is -2.05. The van der Waals surface area contributed by atoms with E-state index in [0.717, 1.165) is 10.0 Å². The van der Waals surface area contributed by atoms with E-state index in [9.17, 15) is 0 Å². The molecule has 2 aromatic heterocycles. The molecule has 0 amide bonds. The van der Waals surface area contributed by atoms with Crippen molar-refractivity contribution in [3.63, 3.8) is 0 Å². The van der Waals surface area contributed by atoms with Crippen LogP contribution in [0.2, 0.25) is 0 Å². The predicted molar refractivity (Wildman–Crippen MR) is 76.7 cm³/mol. The molecule has 0 aliphatic rings. The average Bonchev–Trinajstić information content (AvgIpc) is 2.86. The Bertz CT molecular complexity index is 708. The number of hydrogen-bond donors (Lipinski definition) is 1. The summed E-state index contributed by atoms with van der Waals surface area (Å²) in [4.78, 5) is 8.73. The van der Waals surface area contributed by atoms with Crippen molar-refractivity contribution in [3.8, 4) is 17.2 Å². The van der Waals surface area contributed by atoms with Gasteiger partial charge < -0.3 is 5.73 Å². The molecule has 0 aliphatic carbocycles. The molecule has 0 unspecified atom stereocenters. The number of nitrogens with zero attached hydrogens (tertiary/aromatic N) is 4. The second kappa shape index (κ2) is 4.81. The van der Waals surface area contributed by atoms with Crippen LogP contribution in [0.3, 0.4) is 0 Å². The van der Waals surface area contributed by atoms with E-state index in [2.05, 4.69) is 31.0 Å². The summed E-state index contributed by atoms with van der Waals surface area (Å²) >= 11 is 3.35. The van der Waals surface area contributed by atoms with Crippen molar-refractivity contribution in [1.82, 2.24) is 19.7 Å². The summed E-state index contributed by atoms with van der Waals surface area (Å²) in [7, 11) is 0. The van der Waals surface area contributed by atoms with Gasteiger partial charge in [0.05, 0.1) is 10.7 Å². The molecule has 0 saturated heterocycles. The summed E-state index contributed by atoms with van der Waals surface area (Å²) < 4.78 is 2.53. The zero-order valence-electron chi connectivity index (χ0n) is 9.86. The number of halogens is 1. The van der Waals surface area contributed by atoms with Crippen LogP contribution in [0.15, 0.2) is 53.3 Å². The molecule has 5 nitrogen and oxygen atoms in total. The van der Waals surface area contributed by atoms with E-state index < -0.39 is 0 Å². The van der Waals surface area contributed by atoms with Crippen LogP contribution in [0.5, 0.6) is 0 Å². The molecule has 1 aromatic carbocycles. The lowest BCUT2D eigenvalue weighted by molar-refractivity contribution is 0.843. The Morgan fingerprint density at radius 3 is 2.58 bits per heavy atom. The van der Waals surface area contributed by atoms with Gasteiger partial charge in [-0.05, 0) is 15.9 Å². The van der Waals surface area contributed by atoms with Gasteiger partial charge in [-0.15, -0.1) is 0 Å². The fourth-order valence-corrected chi connectivity index (χ4v) is 2.00. The van der Waals surface area contributed by atoms with Crippen molar-refractivity contribution in [2.45, 2.75) is 0 Å². The van der Waals surface area contributed by atoms with Gasteiger partial charge in [-0.25, -0.2) is 14.6 Å². The highest BCUT2D eigenvalue weighted by molar-refractivity contribution is 9.10. The zero-order chi connectivity index (χ0) is 13.2.